The summed E-state index contributed by atoms with van der Waals surface area (Å²) in [6.45, 7) is 6.75. The van der Waals surface area contributed by atoms with Crippen LogP contribution >= 0.6 is 15.9 Å². The van der Waals surface area contributed by atoms with Gasteiger partial charge in [-0.25, -0.2) is 9.59 Å². The molecule has 3 N–H and O–H groups in total. The van der Waals surface area contributed by atoms with Crippen molar-refractivity contribution in [1.29, 1.82) is 0 Å². The molecule has 1 unspecified atom stereocenters. The normalized spacial score (nSPS) is 13.9. The number of rotatable bonds is 3. The maximum atomic E-state index is 12.2. The number of anilines is 1. The van der Waals surface area contributed by atoms with E-state index in [0.717, 1.165) is 0 Å². The number of nitrogens with two attached hydrogens (primary N) is 1. The third-order valence-corrected chi connectivity index (χ3v) is 3.53. The van der Waals surface area contributed by atoms with Crippen molar-refractivity contribution in [3.8, 4) is 0 Å². The van der Waals surface area contributed by atoms with Crippen molar-refractivity contribution in [2.75, 3.05) is 12.8 Å². The van der Waals surface area contributed by atoms with Crippen molar-refractivity contribution in [2.24, 2.45) is 0 Å². The first kappa shape index (κ1) is 18.3. The zero-order valence-corrected chi connectivity index (χ0v) is 14.9. The molecule has 1 atom stereocenters. The van der Waals surface area contributed by atoms with E-state index in [0.29, 0.717) is 15.7 Å². The van der Waals surface area contributed by atoms with Crippen LogP contribution < -0.4 is 11.1 Å². The molecular formula is C15H21BrN2O4. The van der Waals surface area contributed by atoms with Crippen molar-refractivity contribution in [2.45, 2.75) is 38.8 Å². The SMILES string of the molecule is COC(=O)C(C)(NC(=O)OC(C)(C)C)c1ccc(N)cc1Br. The van der Waals surface area contributed by atoms with Crippen LogP contribution in [0.2, 0.25) is 0 Å². The van der Waals surface area contributed by atoms with Gasteiger partial charge in [0.15, 0.2) is 5.54 Å². The first-order valence-corrected chi connectivity index (χ1v) is 7.44. The number of amides is 1. The van der Waals surface area contributed by atoms with Crippen LogP contribution in [0.1, 0.15) is 33.3 Å². The van der Waals surface area contributed by atoms with Crippen LogP contribution in [0.25, 0.3) is 0 Å². The number of hydrogen-bond donors (Lipinski definition) is 2. The van der Waals surface area contributed by atoms with Crippen molar-refractivity contribution in [3.63, 3.8) is 0 Å². The largest absolute Gasteiger partial charge is 0.467 e. The van der Waals surface area contributed by atoms with Crippen molar-refractivity contribution in [1.82, 2.24) is 5.32 Å². The van der Waals surface area contributed by atoms with Crippen LogP contribution in [0.5, 0.6) is 0 Å². The van der Waals surface area contributed by atoms with E-state index in [9.17, 15) is 9.59 Å². The molecular weight excluding hydrogens is 352 g/mol. The number of ether oxygens (including phenoxy) is 2. The Kier molecular flexibility index (Phi) is 5.45. The Morgan fingerprint density at radius 2 is 1.82 bits per heavy atom. The fourth-order valence-electron chi connectivity index (χ4n) is 1.88. The minimum Gasteiger partial charge on any atom is -0.467 e. The Morgan fingerprint density at radius 3 is 2.27 bits per heavy atom. The fourth-order valence-corrected chi connectivity index (χ4v) is 2.67. The summed E-state index contributed by atoms with van der Waals surface area (Å²) in [6, 6.07) is 4.93. The topological polar surface area (TPSA) is 90.6 Å². The van der Waals surface area contributed by atoms with E-state index < -0.39 is 23.2 Å². The van der Waals surface area contributed by atoms with Crippen LogP contribution in [0.15, 0.2) is 22.7 Å². The monoisotopic (exact) mass is 372 g/mol. The lowest BCUT2D eigenvalue weighted by molar-refractivity contribution is -0.148. The Hall–Kier alpha value is -1.76. The third kappa shape index (κ3) is 4.37. The third-order valence-electron chi connectivity index (χ3n) is 2.88. The predicted molar refractivity (Wildman–Crippen MR) is 87.3 cm³/mol. The second kappa shape index (κ2) is 6.56. The molecule has 122 valence electrons. The average molecular weight is 373 g/mol. The number of hydrogen-bond acceptors (Lipinski definition) is 5. The highest BCUT2D eigenvalue weighted by Crippen LogP contribution is 2.31. The first-order valence-electron chi connectivity index (χ1n) is 6.64. The van der Waals surface area contributed by atoms with Gasteiger partial charge in [-0.3, -0.25) is 0 Å². The molecule has 22 heavy (non-hydrogen) atoms. The van der Waals surface area contributed by atoms with Gasteiger partial charge >= 0.3 is 12.1 Å². The molecule has 0 aromatic heterocycles. The Bertz CT molecular complexity index is 583. The summed E-state index contributed by atoms with van der Waals surface area (Å²) in [6.07, 6.45) is -0.718. The number of nitrogens with one attached hydrogen (secondary N) is 1. The zero-order valence-electron chi connectivity index (χ0n) is 13.3. The highest BCUT2D eigenvalue weighted by atomic mass is 79.9. The number of carbonyl (C=O) groups excluding carboxylic acids is 2. The number of nitrogen functional groups attached to an aromatic ring is 1. The number of methoxy groups -OCH3 is 1. The van der Waals surface area contributed by atoms with Gasteiger partial charge in [0.25, 0.3) is 0 Å². The van der Waals surface area contributed by atoms with Gasteiger partial charge in [-0.2, -0.15) is 0 Å². The summed E-state index contributed by atoms with van der Waals surface area (Å²) in [4.78, 5) is 24.3. The second-order valence-corrected chi connectivity index (χ2v) is 6.84. The van der Waals surface area contributed by atoms with Gasteiger partial charge in [0.05, 0.1) is 7.11 Å². The van der Waals surface area contributed by atoms with Gasteiger partial charge < -0.3 is 20.5 Å². The van der Waals surface area contributed by atoms with Crippen LogP contribution in [0.4, 0.5) is 10.5 Å². The van der Waals surface area contributed by atoms with Crippen LogP contribution in [-0.4, -0.2) is 24.8 Å². The molecule has 7 heteroatoms. The van der Waals surface area contributed by atoms with Crippen LogP contribution in [0, 0.1) is 0 Å². The quantitative estimate of drug-likeness (QED) is 0.628. The van der Waals surface area contributed by atoms with Gasteiger partial charge in [-0.15, -0.1) is 0 Å². The number of esters is 1. The maximum absolute atomic E-state index is 12.2. The lowest BCUT2D eigenvalue weighted by atomic mass is 9.92. The van der Waals surface area contributed by atoms with Crippen molar-refractivity contribution in [3.05, 3.63) is 28.2 Å². The molecule has 1 aromatic carbocycles. The molecule has 1 amide bonds. The van der Waals surface area contributed by atoms with E-state index in [4.69, 9.17) is 15.2 Å². The smallest absolute Gasteiger partial charge is 0.408 e. The van der Waals surface area contributed by atoms with Crippen molar-refractivity contribution >= 4 is 33.7 Å². The molecule has 0 aliphatic carbocycles. The molecule has 0 fully saturated rings. The van der Waals surface area contributed by atoms with Gasteiger partial charge in [0, 0.05) is 15.7 Å². The molecule has 1 rings (SSSR count). The van der Waals surface area contributed by atoms with Gasteiger partial charge in [0.1, 0.15) is 5.60 Å². The molecule has 0 saturated heterocycles. The van der Waals surface area contributed by atoms with Crippen LogP contribution in [0.3, 0.4) is 0 Å². The molecule has 0 radical (unpaired) electrons. The zero-order chi connectivity index (χ0) is 17.1. The maximum Gasteiger partial charge on any atom is 0.408 e. The van der Waals surface area contributed by atoms with Gasteiger partial charge in [0.2, 0.25) is 0 Å². The fraction of sp³-hybridized carbons (Fsp3) is 0.467. The van der Waals surface area contributed by atoms with Crippen molar-refractivity contribution < 1.29 is 19.1 Å². The van der Waals surface area contributed by atoms with Gasteiger partial charge in [-0.1, -0.05) is 22.0 Å². The van der Waals surface area contributed by atoms with E-state index in [1.54, 1.807) is 45.9 Å². The predicted octanol–water partition coefficient (Wildman–Crippen LogP) is 2.94. The number of halogens is 1. The second-order valence-electron chi connectivity index (χ2n) is 5.98. The van der Waals surface area contributed by atoms with Crippen LogP contribution in [-0.2, 0) is 19.8 Å². The summed E-state index contributed by atoms with van der Waals surface area (Å²) in [5.74, 6) is -0.621. The van der Waals surface area contributed by atoms with Gasteiger partial charge in [-0.05, 0) is 39.8 Å². The summed E-state index contributed by atoms with van der Waals surface area (Å²) in [5.41, 5.74) is 4.65. The molecule has 0 aliphatic rings. The molecule has 0 heterocycles. The van der Waals surface area contributed by atoms with E-state index in [-0.39, 0.29) is 0 Å². The highest BCUT2D eigenvalue weighted by Gasteiger charge is 2.40. The molecule has 0 spiro atoms. The molecule has 6 nitrogen and oxygen atoms in total. The number of alkyl carbamates (subject to hydrolysis) is 1. The Labute approximate surface area is 138 Å². The van der Waals surface area contributed by atoms with E-state index in [1.165, 1.54) is 7.11 Å². The molecule has 0 bridgehead atoms. The summed E-state index contributed by atoms with van der Waals surface area (Å²) in [7, 11) is 1.25. The minimum absolute atomic E-state index is 0.513. The van der Waals surface area contributed by atoms with E-state index >= 15 is 0 Å². The Balaban J connectivity index is 3.21. The standard InChI is InChI=1S/C15H21BrN2O4/c1-14(2,3)22-13(20)18-15(4,12(19)21-5)10-7-6-9(17)8-11(10)16/h6-8H,17H2,1-5H3,(H,18,20). The summed E-state index contributed by atoms with van der Waals surface area (Å²) in [5, 5.41) is 2.57. The van der Waals surface area contributed by atoms with E-state index in [1.807, 2.05) is 0 Å². The lowest BCUT2D eigenvalue weighted by Crippen LogP contribution is -2.51. The lowest BCUT2D eigenvalue weighted by Gasteiger charge is -2.30. The Morgan fingerprint density at radius 1 is 1.23 bits per heavy atom. The summed E-state index contributed by atoms with van der Waals surface area (Å²) >= 11 is 3.35. The van der Waals surface area contributed by atoms with E-state index in [2.05, 4.69) is 21.2 Å². The number of benzene rings is 1. The minimum atomic E-state index is -1.41. The molecule has 0 saturated carbocycles. The average Bonchev–Trinajstić information content (AvgIpc) is 2.34. The highest BCUT2D eigenvalue weighted by molar-refractivity contribution is 9.10. The molecule has 0 aliphatic heterocycles. The summed E-state index contributed by atoms with van der Waals surface area (Å²) < 4.78 is 10.6. The first-order chi connectivity index (χ1) is 9.99. The molecule has 1 aromatic rings. The number of carbonyl (C=O) groups is 2.